The van der Waals surface area contributed by atoms with E-state index in [0.29, 0.717) is 6.04 Å². The maximum atomic E-state index is 5.79. The summed E-state index contributed by atoms with van der Waals surface area (Å²) < 4.78 is 0. The van der Waals surface area contributed by atoms with Crippen LogP contribution in [0.4, 0.5) is 5.69 Å². The van der Waals surface area contributed by atoms with Crippen LogP contribution in [-0.2, 0) is 0 Å². The predicted octanol–water partition coefficient (Wildman–Crippen LogP) is 4.11. The van der Waals surface area contributed by atoms with E-state index in [4.69, 9.17) is 11.6 Å². The Morgan fingerprint density at radius 2 is 2.07 bits per heavy atom. The summed E-state index contributed by atoms with van der Waals surface area (Å²) in [4.78, 5) is 0. The second-order valence-electron chi connectivity index (χ2n) is 3.42. The molecule has 1 aromatic carbocycles. The van der Waals surface area contributed by atoms with E-state index < -0.39 is 0 Å². The molecule has 1 aromatic rings. The van der Waals surface area contributed by atoms with Crippen LogP contribution < -0.4 is 5.32 Å². The van der Waals surface area contributed by atoms with E-state index in [-0.39, 0.29) is 0 Å². The van der Waals surface area contributed by atoms with Crippen molar-refractivity contribution in [1.82, 2.24) is 0 Å². The Balaban J connectivity index is 2.43. The first kappa shape index (κ1) is 11.1. The van der Waals surface area contributed by atoms with Crippen LogP contribution in [0.5, 0.6) is 0 Å². The Morgan fingerprint density at radius 1 is 1.43 bits per heavy atom. The third kappa shape index (κ3) is 3.84. The van der Waals surface area contributed by atoms with Crippen LogP contribution in [0.2, 0.25) is 5.02 Å². The number of hydrogen-bond acceptors (Lipinski definition) is 1. The molecule has 0 saturated carbocycles. The maximum absolute atomic E-state index is 5.79. The van der Waals surface area contributed by atoms with E-state index in [1.54, 1.807) is 0 Å². The van der Waals surface area contributed by atoms with Gasteiger partial charge in [-0.05, 0) is 44.0 Å². The van der Waals surface area contributed by atoms with Gasteiger partial charge in [0.2, 0.25) is 0 Å². The van der Waals surface area contributed by atoms with Gasteiger partial charge in [0, 0.05) is 16.8 Å². The van der Waals surface area contributed by atoms with Crippen molar-refractivity contribution >= 4 is 17.3 Å². The number of benzene rings is 1. The zero-order valence-corrected chi connectivity index (χ0v) is 9.22. The highest BCUT2D eigenvalue weighted by molar-refractivity contribution is 6.30. The van der Waals surface area contributed by atoms with Crippen molar-refractivity contribution < 1.29 is 0 Å². The summed E-state index contributed by atoms with van der Waals surface area (Å²) in [5.74, 6) is 0. The van der Waals surface area contributed by atoms with Gasteiger partial charge in [-0.2, -0.15) is 0 Å². The van der Waals surface area contributed by atoms with Crippen LogP contribution in [0.1, 0.15) is 19.8 Å². The lowest BCUT2D eigenvalue weighted by Gasteiger charge is -2.14. The van der Waals surface area contributed by atoms with Gasteiger partial charge >= 0.3 is 0 Å². The lowest BCUT2D eigenvalue weighted by molar-refractivity contribution is 0.719. The van der Waals surface area contributed by atoms with Crippen molar-refractivity contribution in [1.29, 1.82) is 0 Å². The van der Waals surface area contributed by atoms with Crippen LogP contribution in [0.25, 0.3) is 0 Å². The molecular weight excluding hydrogens is 194 g/mol. The molecule has 0 heterocycles. The van der Waals surface area contributed by atoms with Gasteiger partial charge in [-0.3, -0.25) is 0 Å². The molecule has 0 saturated heterocycles. The van der Waals surface area contributed by atoms with Gasteiger partial charge < -0.3 is 5.32 Å². The molecule has 14 heavy (non-hydrogen) atoms. The van der Waals surface area contributed by atoms with Gasteiger partial charge in [0.15, 0.2) is 0 Å². The van der Waals surface area contributed by atoms with Crippen LogP contribution in [0, 0.1) is 0 Å². The monoisotopic (exact) mass is 209 g/mol. The van der Waals surface area contributed by atoms with Gasteiger partial charge in [-0.1, -0.05) is 17.7 Å². The zero-order chi connectivity index (χ0) is 10.4. The lowest BCUT2D eigenvalue weighted by Crippen LogP contribution is -2.14. The largest absolute Gasteiger partial charge is 0.383 e. The molecule has 0 radical (unpaired) electrons. The first-order valence-electron chi connectivity index (χ1n) is 4.85. The number of nitrogens with one attached hydrogen (secondary N) is 1. The molecule has 0 aromatic heterocycles. The highest BCUT2D eigenvalue weighted by atomic mass is 35.5. The zero-order valence-electron chi connectivity index (χ0n) is 8.46. The van der Waals surface area contributed by atoms with Crippen LogP contribution in [0.15, 0.2) is 36.9 Å². The summed E-state index contributed by atoms with van der Waals surface area (Å²) in [5, 5.41) is 4.17. The maximum Gasteiger partial charge on any atom is 0.0407 e. The fraction of sp³-hybridized carbons (Fsp3) is 0.333. The molecule has 0 spiro atoms. The minimum atomic E-state index is 0.467. The number of halogens is 1. The first-order chi connectivity index (χ1) is 6.72. The Labute approximate surface area is 90.8 Å². The molecule has 1 nitrogen and oxygen atoms in total. The highest BCUT2D eigenvalue weighted by Crippen LogP contribution is 2.15. The quantitative estimate of drug-likeness (QED) is 0.720. The van der Waals surface area contributed by atoms with E-state index in [0.717, 1.165) is 23.6 Å². The van der Waals surface area contributed by atoms with Gasteiger partial charge in [-0.15, -0.1) is 6.58 Å². The number of anilines is 1. The number of allylic oxidation sites excluding steroid dienone is 1. The van der Waals surface area contributed by atoms with E-state index in [1.807, 2.05) is 30.3 Å². The summed E-state index contributed by atoms with van der Waals surface area (Å²) in [6.07, 6.45) is 4.09. The Hall–Kier alpha value is -0.950. The van der Waals surface area contributed by atoms with Crippen molar-refractivity contribution in [2.45, 2.75) is 25.8 Å². The van der Waals surface area contributed by atoms with E-state index in [1.165, 1.54) is 0 Å². The molecule has 0 amide bonds. The van der Waals surface area contributed by atoms with Crippen molar-refractivity contribution in [3.05, 3.63) is 41.9 Å². The molecule has 1 atom stereocenters. The van der Waals surface area contributed by atoms with E-state index in [9.17, 15) is 0 Å². The normalized spacial score (nSPS) is 12.1. The molecule has 0 aliphatic rings. The molecule has 76 valence electrons. The van der Waals surface area contributed by atoms with Gasteiger partial charge in [0.05, 0.1) is 0 Å². The van der Waals surface area contributed by atoms with Crippen molar-refractivity contribution in [2.24, 2.45) is 0 Å². The smallest absolute Gasteiger partial charge is 0.0407 e. The Kier molecular flexibility index (Phi) is 4.54. The molecular formula is C12H16ClN. The summed E-state index contributed by atoms with van der Waals surface area (Å²) in [6, 6.07) is 8.24. The minimum Gasteiger partial charge on any atom is -0.383 e. The van der Waals surface area contributed by atoms with Crippen molar-refractivity contribution in [3.8, 4) is 0 Å². The average molecular weight is 210 g/mol. The van der Waals surface area contributed by atoms with Gasteiger partial charge in [0.1, 0.15) is 0 Å². The Bertz CT molecular complexity index is 279. The first-order valence-corrected chi connectivity index (χ1v) is 5.23. The topological polar surface area (TPSA) is 12.0 Å². The molecule has 0 aliphatic carbocycles. The van der Waals surface area contributed by atoms with Crippen LogP contribution in [0.3, 0.4) is 0 Å². The van der Waals surface area contributed by atoms with Crippen LogP contribution >= 0.6 is 11.6 Å². The third-order valence-electron chi connectivity index (χ3n) is 2.06. The number of hydrogen-bond donors (Lipinski definition) is 1. The second-order valence-corrected chi connectivity index (χ2v) is 3.85. The summed E-state index contributed by atoms with van der Waals surface area (Å²) in [6.45, 7) is 5.87. The summed E-state index contributed by atoms with van der Waals surface area (Å²) >= 11 is 5.79. The Morgan fingerprint density at radius 3 is 2.64 bits per heavy atom. The lowest BCUT2D eigenvalue weighted by atomic mass is 10.1. The van der Waals surface area contributed by atoms with Crippen molar-refractivity contribution in [2.75, 3.05) is 5.32 Å². The van der Waals surface area contributed by atoms with Crippen LogP contribution in [-0.4, -0.2) is 6.04 Å². The molecule has 1 unspecified atom stereocenters. The fourth-order valence-corrected chi connectivity index (χ4v) is 1.40. The summed E-state index contributed by atoms with van der Waals surface area (Å²) in [5.41, 5.74) is 1.12. The summed E-state index contributed by atoms with van der Waals surface area (Å²) in [7, 11) is 0. The second kappa shape index (κ2) is 5.71. The van der Waals surface area contributed by atoms with Crippen molar-refractivity contribution in [3.63, 3.8) is 0 Å². The molecule has 2 heteroatoms. The van der Waals surface area contributed by atoms with E-state index in [2.05, 4.69) is 18.8 Å². The SMILES string of the molecule is C=CCCC(C)Nc1ccc(Cl)cc1. The fourth-order valence-electron chi connectivity index (χ4n) is 1.27. The molecule has 1 rings (SSSR count). The third-order valence-corrected chi connectivity index (χ3v) is 2.31. The predicted molar refractivity (Wildman–Crippen MR) is 64.0 cm³/mol. The number of rotatable bonds is 5. The van der Waals surface area contributed by atoms with Gasteiger partial charge in [-0.25, -0.2) is 0 Å². The van der Waals surface area contributed by atoms with Gasteiger partial charge in [0.25, 0.3) is 0 Å². The molecule has 0 bridgehead atoms. The molecule has 0 fully saturated rings. The molecule has 1 N–H and O–H groups in total. The van der Waals surface area contributed by atoms with E-state index >= 15 is 0 Å². The average Bonchev–Trinajstić information content (AvgIpc) is 2.18. The standard InChI is InChI=1S/C12H16ClN/c1-3-4-5-10(2)14-12-8-6-11(13)7-9-12/h3,6-10,14H,1,4-5H2,2H3. The minimum absolute atomic E-state index is 0.467. The molecule has 0 aliphatic heterocycles. The highest BCUT2D eigenvalue weighted by Gasteiger charge is 1.99.